The Morgan fingerprint density at radius 1 is 1.28 bits per heavy atom. The average molecular weight is 349 g/mol. The molecule has 1 saturated heterocycles. The molecule has 0 spiro atoms. The van der Waals surface area contributed by atoms with Crippen LogP contribution in [0.4, 0.5) is 0 Å². The van der Waals surface area contributed by atoms with Crippen LogP contribution in [0.25, 0.3) is 0 Å². The molecule has 0 aliphatic carbocycles. The zero-order valence-corrected chi connectivity index (χ0v) is 15.1. The van der Waals surface area contributed by atoms with Gasteiger partial charge in [-0.2, -0.15) is 0 Å². The maximum absolute atomic E-state index is 12.6. The van der Waals surface area contributed by atoms with Crippen molar-refractivity contribution < 1.29 is 14.3 Å². The van der Waals surface area contributed by atoms with Gasteiger partial charge in [0.2, 0.25) is 11.8 Å². The highest BCUT2D eigenvalue weighted by Gasteiger charge is 2.29. The van der Waals surface area contributed by atoms with Gasteiger partial charge in [0.05, 0.1) is 12.6 Å². The van der Waals surface area contributed by atoms with Crippen LogP contribution in [0.3, 0.4) is 0 Å². The topological polar surface area (TPSA) is 80.6 Å². The normalized spacial score (nSPS) is 21.2. The lowest BCUT2D eigenvalue weighted by molar-refractivity contribution is -0.135. The van der Waals surface area contributed by atoms with Crippen molar-refractivity contribution in [2.24, 2.45) is 0 Å². The van der Waals surface area contributed by atoms with Gasteiger partial charge >= 0.3 is 0 Å². The number of nitrogens with zero attached hydrogens (tertiary/aromatic N) is 5. The van der Waals surface area contributed by atoms with Gasteiger partial charge in [-0.05, 0) is 19.8 Å². The Labute approximate surface area is 148 Å². The predicted molar refractivity (Wildman–Crippen MR) is 90.5 cm³/mol. The fourth-order valence-corrected chi connectivity index (χ4v) is 3.69. The highest BCUT2D eigenvalue weighted by molar-refractivity contribution is 5.79. The van der Waals surface area contributed by atoms with Gasteiger partial charge in [-0.3, -0.25) is 9.59 Å². The summed E-state index contributed by atoms with van der Waals surface area (Å²) in [6.07, 6.45) is 4.08. The van der Waals surface area contributed by atoms with E-state index in [-0.39, 0.29) is 17.9 Å². The lowest BCUT2D eigenvalue weighted by atomic mass is 10.2. The summed E-state index contributed by atoms with van der Waals surface area (Å²) in [5, 5.41) is 8.38. The molecule has 8 nitrogen and oxygen atoms in total. The van der Waals surface area contributed by atoms with E-state index < -0.39 is 0 Å². The number of methoxy groups -OCH3 is 1. The molecule has 3 heterocycles. The molecule has 8 heteroatoms. The standard InChI is InChI=1S/C17H27N5O3/c1-13-10-21(11-14-18-19-15(12-25-2)22(13)14)17(24)7-9-20-8-5-3-4-6-16(20)23/h13H,3-12H2,1-2H3/t13-/m0/s1. The molecule has 1 aromatic rings. The van der Waals surface area contributed by atoms with Crippen LogP contribution in [0.15, 0.2) is 0 Å². The molecule has 0 unspecified atom stereocenters. The molecule has 0 N–H and O–H groups in total. The van der Waals surface area contributed by atoms with Crippen molar-refractivity contribution in [2.75, 3.05) is 26.7 Å². The first-order valence-electron chi connectivity index (χ1n) is 9.07. The minimum Gasteiger partial charge on any atom is -0.377 e. The second-order valence-electron chi connectivity index (χ2n) is 6.90. The first kappa shape index (κ1) is 17.8. The van der Waals surface area contributed by atoms with Crippen molar-refractivity contribution in [1.29, 1.82) is 0 Å². The number of amides is 2. The summed E-state index contributed by atoms with van der Waals surface area (Å²) in [7, 11) is 1.63. The van der Waals surface area contributed by atoms with E-state index in [0.717, 1.165) is 37.5 Å². The van der Waals surface area contributed by atoms with Gasteiger partial charge in [-0.15, -0.1) is 10.2 Å². The highest BCUT2D eigenvalue weighted by Crippen LogP contribution is 2.22. The zero-order valence-electron chi connectivity index (χ0n) is 15.1. The molecule has 2 aliphatic heterocycles. The fourth-order valence-electron chi connectivity index (χ4n) is 3.69. The Balaban J connectivity index is 1.58. The lowest BCUT2D eigenvalue weighted by Gasteiger charge is -2.33. The second kappa shape index (κ2) is 7.95. The first-order valence-corrected chi connectivity index (χ1v) is 9.07. The van der Waals surface area contributed by atoms with Crippen LogP contribution in [0.2, 0.25) is 0 Å². The SMILES string of the molecule is COCc1nnc2n1[C@@H](C)CN(C(=O)CCN1CCCCCC1=O)C2. The molecule has 0 saturated carbocycles. The van der Waals surface area contributed by atoms with Crippen LogP contribution < -0.4 is 0 Å². The van der Waals surface area contributed by atoms with Crippen molar-refractivity contribution in [3.63, 3.8) is 0 Å². The zero-order chi connectivity index (χ0) is 17.8. The van der Waals surface area contributed by atoms with Gasteiger partial charge in [0.1, 0.15) is 6.61 Å². The van der Waals surface area contributed by atoms with Crippen molar-refractivity contribution in [2.45, 2.75) is 58.2 Å². The minimum atomic E-state index is 0.0754. The molecule has 0 bridgehead atoms. The van der Waals surface area contributed by atoms with Gasteiger partial charge in [-0.25, -0.2) is 0 Å². The molecule has 0 aromatic carbocycles. The average Bonchev–Trinajstić information content (AvgIpc) is 2.89. The summed E-state index contributed by atoms with van der Waals surface area (Å²) in [4.78, 5) is 28.3. The number of aromatic nitrogens is 3. The number of hydrogen-bond acceptors (Lipinski definition) is 5. The van der Waals surface area contributed by atoms with Crippen LogP contribution in [-0.4, -0.2) is 63.1 Å². The highest BCUT2D eigenvalue weighted by atomic mass is 16.5. The lowest BCUT2D eigenvalue weighted by Crippen LogP contribution is -2.42. The molecule has 2 amide bonds. The molecule has 1 fully saturated rings. The van der Waals surface area contributed by atoms with E-state index in [2.05, 4.69) is 21.7 Å². The summed E-state index contributed by atoms with van der Waals surface area (Å²) >= 11 is 0. The summed E-state index contributed by atoms with van der Waals surface area (Å²) in [6.45, 7) is 4.87. The van der Waals surface area contributed by atoms with Crippen LogP contribution in [0, 0.1) is 0 Å². The van der Waals surface area contributed by atoms with Crippen molar-refractivity contribution in [3.05, 3.63) is 11.6 Å². The summed E-state index contributed by atoms with van der Waals surface area (Å²) in [5.41, 5.74) is 0. The third-order valence-corrected chi connectivity index (χ3v) is 4.99. The number of likely N-dealkylation sites (tertiary alicyclic amines) is 1. The Kier molecular flexibility index (Phi) is 5.67. The van der Waals surface area contributed by atoms with Crippen LogP contribution >= 0.6 is 0 Å². The molecular formula is C17H27N5O3. The van der Waals surface area contributed by atoms with E-state index in [1.165, 1.54) is 0 Å². The Morgan fingerprint density at radius 3 is 2.92 bits per heavy atom. The summed E-state index contributed by atoms with van der Waals surface area (Å²) in [6, 6.07) is 0.118. The van der Waals surface area contributed by atoms with Gasteiger partial charge < -0.3 is 19.1 Å². The maximum atomic E-state index is 12.6. The van der Waals surface area contributed by atoms with E-state index in [0.29, 0.717) is 39.1 Å². The largest absolute Gasteiger partial charge is 0.377 e. The van der Waals surface area contributed by atoms with E-state index in [1.807, 2.05) is 9.80 Å². The number of rotatable bonds is 5. The Bertz CT molecular complexity index is 630. The molecule has 138 valence electrons. The quantitative estimate of drug-likeness (QED) is 0.796. The molecule has 25 heavy (non-hydrogen) atoms. The van der Waals surface area contributed by atoms with E-state index >= 15 is 0 Å². The molecule has 1 aromatic heterocycles. The number of ether oxygens (including phenoxy) is 1. The number of hydrogen-bond donors (Lipinski definition) is 0. The van der Waals surface area contributed by atoms with Crippen molar-refractivity contribution in [1.82, 2.24) is 24.6 Å². The van der Waals surface area contributed by atoms with Crippen molar-refractivity contribution >= 4 is 11.8 Å². The molecule has 2 aliphatic rings. The molecule has 1 atom stereocenters. The van der Waals surface area contributed by atoms with Crippen LogP contribution in [-0.2, 0) is 27.5 Å². The first-order chi connectivity index (χ1) is 12.1. The van der Waals surface area contributed by atoms with Crippen molar-refractivity contribution in [3.8, 4) is 0 Å². The predicted octanol–water partition coefficient (Wildman–Crippen LogP) is 1.12. The van der Waals surface area contributed by atoms with Gasteiger partial charge in [0.15, 0.2) is 11.6 Å². The van der Waals surface area contributed by atoms with Gasteiger partial charge in [0.25, 0.3) is 0 Å². The van der Waals surface area contributed by atoms with E-state index in [4.69, 9.17) is 4.74 Å². The van der Waals surface area contributed by atoms with E-state index in [1.54, 1.807) is 7.11 Å². The fraction of sp³-hybridized carbons (Fsp3) is 0.765. The van der Waals surface area contributed by atoms with Gasteiger partial charge in [-0.1, -0.05) is 6.42 Å². The number of carbonyl (C=O) groups is 2. The van der Waals surface area contributed by atoms with Gasteiger partial charge in [0, 0.05) is 39.6 Å². The van der Waals surface area contributed by atoms with E-state index in [9.17, 15) is 9.59 Å². The minimum absolute atomic E-state index is 0.0754. The Morgan fingerprint density at radius 2 is 2.12 bits per heavy atom. The monoisotopic (exact) mass is 349 g/mol. The third kappa shape index (κ3) is 4.00. The third-order valence-electron chi connectivity index (χ3n) is 4.99. The molecule has 0 radical (unpaired) electrons. The van der Waals surface area contributed by atoms with Crippen LogP contribution in [0.1, 0.15) is 56.7 Å². The molecular weight excluding hydrogens is 322 g/mol. The summed E-state index contributed by atoms with van der Waals surface area (Å²) in [5.74, 6) is 1.85. The smallest absolute Gasteiger partial charge is 0.224 e. The number of fused-ring (bicyclic) bond motifs is 1. The van der Waals surface area contributed by atoms with Crippen LogP contribution in [0.5, 0.6) is 0 Å². The second-order valence-corrected chi connectivity index (χ2v) is 6.90. The number of carbonyl (C=O) groups excluding carboxylic acids is 2. The Hall–Kier alpha value is -1.96. The maximum Gasteiger partial charge on any atom is 0.224 e. The molecule has 3 rings (SSSR count). The summed E-state index contributed by atoms with van der Waals surface area (Å²) < 4.78 is 7.22.